The van der Waals surface area contributed by atoms with E-state index in [4.69, 9.17) is 4.74 Å². The fraction of sp³-hybridized carbons (Fsp3) is 0.211. The van der Waals surface area contributed by atoms with Gasteiger partial charge in [0.15, 0.2) is 0 Å². The molecule has 10 nitrogen and oxygen atoms in total. The summed E-state index contributed by atoms with van der Waals surface area (Å²) in [7, 11) is 0. The fourth-order valence-electron chi connectivity index (χ4n) is 10.3. The number of benzene rings is 8. The normalized spacial score (nSPS) is 13.4. The van der Waals surface area contributed by atoms with E-state index < -0.39 is 69.9 Å². The summed E-state index contributed by atoms with van der Waals surface area (Å²) in [5, 5.41) is 32.1. The smallest absolute Gasteiger partial charge is 0.308 e. The number of rotatable bonds is 30. The third-order valence-electron chi connectivity index (χ3n) is 14.3. The average Bonchev–Trinajstić information content (AvgIpc) is 3.20. The van der Waals surface area contributed by atoms with Crippen LogP contribution in [0, 0.1) is 0 Å². The summed E-state index contributed by atoms with van der Waals surface area (Å²) in [6, 6.07) is 76.3. The molecule has 0 aliphatic heterocycles. The highest BCUT2D eigenvalue weighted by Gasteiger charge is 2.40. The molecule has 8 rings (SSSR count). The van der Waals surface area contributed by atoms with Crippen LogP contribution in [0.1, 0.15) is 63.8 Å². The second kappa shape index (κ2) is 31.2. The van der Waals surface area contributed by atoms with Crippen LogP contribution in [0.25, 0.3) is 0 Å². The van der Waals surface area contributed by atoms with Crippen molar-refractivity contribution < 1.29 is 34.1 Å². The second-order valence-corrected chi connectivity index (χ2v) is 22.7. The first-order valence-corrected chi connectivity index (χ1v) is 29.9. The minimum Gasteiger partial charge on any atom is -0.461 e. The van der Waals surface area contributed by atoms with E-state index in [1.807, 2.05) is 176 Å². The molecular weight excluding hydrogens is 1070 g/mol. The molecule has 0 aromatic heterocycles. The summed E-state index contributed by atoms with van der Waals surface area (Å²) in [6.07, 6.45) is 2.47. The van der Waals surface area contributed by atoms with Crippen molar-refractivity contribution in [3.8, 4) is 0 Å². The van der Waals surface area contributed by atoms with Gasteiger partial charge in [-0.05, 0) is 63.1 Å². The molecule has 5 N–H and O–H groups in total. The molecule has 12 heteroatoms. The molecule has 83 heavy (non-hydrogen) atoms. The number of ether oxygens (including phenoxy) is 1. The number of hydrogen-bond donors (Lipinski definition) is 5. The lowest BCUT2D eigenvalue weighted by molar-refractivity contribution is -0.145. The number of amides is 3. The molecule has 0 aliphatic carbocycles. The molecule has 0 aliphatic rings. The fourth-order valence-corrected chi connectivity index (χ4v) is 13.3. The van der Waals surface area contributed by atoms with Crippen molar-refractivity contribution in [2.45, 2.75) is 71.9 Å². The maximum atomic E-state index is 15.2. The summed E-state index contributed by atoms with van der Waals surface area (Å²) in [6.45, 7) is 3.57. The molecule has 0 heterocycles. The molecule has 0 saturated carbocycles. The first kappa shape index (κ1) is 60.8. The summed E-state index contributed by atoms with van der Waals surface area (Å²) < 4.78 is 3.82. The highest BCUT2D eigenvalue weighted by atomic mass is 32.2. The Hall–Kier alpha value is -8.26. The number of aliphatic hydroxyl groups is 2. The van der Waals surface area contributed by atoms with Gasteiger partial charge >= 0.3 is 5.97 Å². The first-order chi connectivity index (χ1) is 40.6. The third-order valence-corrected chi connectivity index (χ3v) is 17.5. The van der Waals surface area contributed by atoms with E-state index in [0.29, 0.717) is 12.2 Å². The molecule has 8 aromatic rings. The van der Waals surface area contributed by atoms with E-state index in [-0.39, 0.29) is 31.6 Å². The predicted molar refractivity (Wildman–Crippen MR) is 336 cm³/mol. The van der Waals surface area contributed by atoms with Gasteiger partial charge in [0, 0.05) is 12.2 Å². The zero-order chi connectivity index (χ0) is 58.1. The Morgan fingerprint density at radius 2 is 0.867 bits per heavy atom. The SMILES string of the molecule is C=CCOC(=O)C[C@H](O)[C@@H](Cc1ccccc1)NC(=O)[C@@H](CSC(c1ccccc1)(c1ccccc1)c1ccccc1)NC(=O)[C@@H](Cc1ccccc1)NC(=O)C[C@H](O)C=CCCSC(c1ccccc1)(c1ccccc1)c1ccccc1. The number of aliphatic hydroxyl groups excluding tert-OH is 2. The number of carbonyl (C=O) groups excluding carboxylic acids is 4. The zero-order valence-corrected chi connectivity index (χ0v) is 48.0. The number of esters is 1. The van der Waals surface area contributed by atoms with Crippen molar-refractivity contribution in [2.75, 3.05) is 18.1 Å². The molecule has 5 atom stereocenters. The van der Waals surface area contributed by atoms with E-state index in [1.54, 1.807) is 17.8 Å². The topological polar surface area (TPSA) is 154 Å². The van der Waals surface area contributed by atoms with E-state index in [2.05, 4.69) is 95.3 Å². The highest BCUT2D eigenvalue weighted by molar-refractivity contribution is 8.00. The molecule has 0 radical (unpaired) electrons. The summed E-state index contributed by atoms with van der Waals surface area (Å²) in [4.78, 5) is 57.3. The highest BCUT2D eigenvalue weighted by Crippen LogP contribution is 2.50. The Balaban J connectivity index is 1.05. The van der Waals surface area contributed by atoms with Gasteiger partial charge in [0.25, 0.3) is 0 Å². The van der Waals surface area contributed by atoms with Crippen LogP contribution < -0.4 is 16.0 Å². The average molecular weight is 1140 g/mol. The van der Waals surface area contributed by atoms with Crippen LogP contribution in [0.15, 0.2) is 267 Å². The minimum atomic E-state index is -1.38. The lowest BCUT2D eigenvalue weighted by Gasteiger charge is -2.37. The van der Waals surface area contributed by atoms with E-state index >= 15 is 9.59 Å². The van der Waals surface area contributed by atoms with Gasteiger partial charge in [-0.25, -0.2) is 0 Å². The van der Waals surface area contributed by atoms with Crippen molar-refractivity contribution in [2.24, 2.45) is 0 Å². The van der Waals surface area contributed by atoms with Gasteiger partial charge in [0.1, 0.15) is 18.7 Å². The van der Waals surface area contributed by atoms with Crippen LogP contribution in [0.5, 0.6) is 0 Å². The lowest BCUT2D eigenvalue weighted by atomic mass is 9.84. The van der Waals surface area contributed by atoms with Gasteiger partial charge in [-0.1, -0.05) is 267 Å². The molecule has 0 spiro atoms. The quantitative estimate of drug-likeness (QED) is 0.0128. The van der Waals surface area contributed by atoms with Gasteiger partial charge in [-0.2, -0.15) is 0 Å². The summed E-state index contributed by atoms with van der Waals surface area (Å²) in [5.74, 6) is -1.80. The largest absolute Gasteiger partial charge is 0.461 e. The van der Waals surface area contributed by atoms with Gasteiger partial charge in [-0.15, -0.1) is 23.5 Å². The molecule has 8 aromatic carbocycles. The number of carbonyl (C=O) groups is 4. The van der Waals surface area contributed by atoms with Gasteiger partial charge < -0.3 is 30.9 Å². The maximum absolute atomic E-state index is 15.2. The second-order valence-electron chi connectivity index (χ2n) is 20.1. The molecule has 424 valence electrons. The van der Waals surface area contributed by atoms with E-state index in [9.17, 15) is 19.8 Å². The molecular formula is C71H71N3O7S2. The van der Waals surface area contributed by atoms with Gasteiger partial charge in [0.05, 0.1) is 40.6 Å². The van der Waals surface area contributed by atoms with Crippen molar-refractivity contribution in [1.29, 1.82) is 0 Å². The van der Waals surface area contributed by atoms with Gasteiger partial charge in [-0.3, -0.25) is 19.2 Å². The van der Waals surface area contributed by atoms with E-state index in [1.165, 1.54) is 17.8 Å². The lowest BCUT2D eigenvalue weighted by Crippen LogP contribution is -2.58. The summed E-state index contributed by atoms with van der Waals surface area (Å²) in [5.41, 5.74) is 7.78. The maximum Gasteiger partial charge on any atom is 0.308 e. The van der Waals surface area contributed by atoms with Crippen LogP contribution in [0.3, 0.4) is 0 Å². The number of thioether (sulfide) groups is 2. The molecule has 0 fully saturated rings. The molecule has 0 saturated heterocycles. The predicted octanol–water partition coefficient (Wildman–Crippen LogP) is 11.6. The number of allylic oxidation sites excluding steroid dienone is 1. The van der Waals surface area contributed by atoms with Crippen LogP contribution in [0.4, 0.5) is 0 Å². The van der Waals surface area contributed by atoms with Gasteiger partial charge in [0.2, 0.25) is 17.7 Å². The third kappa shape index (κ3) is 16.7. The standard InChI is InChI=1S/C71H71N3O7S2/c1-2-46-81-67(78)51-65(76)62(48-53-29-11-3-12-30-53)73-69(80)64(52-83-71(58-39-21-8-22-40-58,59-41-23-9-24-42-59)60-43-25-10-26-44-60)74-68(79)63(49-54-31-13-4-14-32-54)72-66(77)50-61(75)45-27-28-47-82-70(55-33-15-5-16-34-55,56-35-17-6-18-36-56)57-37-19-7-20-38-57/h2-27,29-45,61-65,75-76H,1,28,46-52H2,(H,72,77)(H,73,80)(H,74,79)/t61-,62-,63-,64-,65+/m1/s1. The van der Waals surface area contributed by atoms with Crippen molar-refractivity contribution in [1.82, 2.24) is 16.0 Å². The van der Waals surface area contributed by atoms with Crippen molar-refractivity contribution >= 4 is 47.2 Å². The number of nitrogens with one attached hydrogen (secondary N) is 3. The summed E-state index contributed by atoms with van der Waals surface area (Å²) >= 11 is 3.26. The molecule has 0 bridgehead atoms. The minimum absolute atomic E-state index is 0.00273. The Kier molecular flexibility index (Phi) is 22.9. The van der Waals surface area contributed by atoms with Crippen LogP contribution in [-0.2, 0) is 46.3 Å². The Labute approximate surface area is 496 Å². The monoisotopic (exact) mass is 1140 g/mol. The molecule has 3 amide bonds. The Morgan fingerprint density at radius 1 is 0.482 bits per heavy atom. The van der Waals surface area contributed by atoms with Crippen LogP contribution in [-0.4, -0.2) is 82.3 Å². The van der Waals surface area contributed by atoms with Crippen molar-refractivity contribution in [3.05, 3.63) is 312 Å². The van der Waals surface area contributed by atoms with Crippen LogP contribution in [0.2, 0.25) is 0 Å². The van der Waals surface area contributed by atoms with E-state index in [0.717, 1.165) is 44.5 Å². The van der Waals surface area contributed by atoms with Crippen molar-refractivity contribution in [3.63, 3.8) is 0 Å². The zero-order valence-electron chi connectivity index (χ0n) is 46.3. The first-order valence-electron chi connectivity index (χ1n) is 28.0. The Morgan fingerprint density at radius 3 is 1.29 bits per heavy atom. The van der Waals surface area contributed by atoms with Crippen LogP contribution >= 0.6 is 23.5 Å². The number of hydrogen-bond acceptors (Lipinski definition) is 9. The molecule has 0 unspecified atom stereocenters. The Bertz CT molecular complexity index is 3100.